The second-order valence-electron chi connectivity index (χ2n) is 5.96. The van der Waals surface area contributed by atoms with Crippen LogP contribution in [0.5, 0.6) is 0 Å². The van der Waals surface area contributed by atoms with Gasteiger partial charge in [-0.2, -0.15) is 13.2 Å². The number of aryl methyl sites for hydroxylation is 1. The molecule has 0 unspecified atom stereocenters. The molecule has 0 radical (unpaired) electrons. The van der Waals surface area contributed by atoms with Gasteiger partial charge in [0.25, 0.3) is 0 Å². The van der Waals surface area contributed by atoms with E-state index in [0.717, 1.165) is 18.9 Å². The molecule has 1 N–H and O–H groups in total. The van der Waals surface area contributed by atoms with E-state index in [1.165, 1.54) is 19.1 Å². The third-order valence-electron chi connectivity index (χ3n) is 3.73. The maximum absolute atomic E-state index is 12.9. The standard InChI is InChI=1S/C18H25F3N2O2/c1-4-10-23(11-5-2)17(25)9-8-16(24)22-14-7-6-13(3)15(12-14)18(19,20)21/h6-7,12H,4-5,8-11H2,1-3H3,(H,22,24). The highest BCUT2D eigenvalue weighted by Gasteiger charge is 2.32. The zero-order chi connectivity index (χ0) is 19.0. The average molecular weight is 358 g/mol. The van der Waals surface area contributed by atoms with E-state index < -0.39 is 17.6 Å². The third-order valence-corrected chi connectivity index (χ3v) is 3.73. The van der Waals surface area contributed by atoms with Gasteiger partial charge >= 0.3 is 6.18 Å². The molecule has 0 saturated carbocycles. The number of anilines is 1. The first-order valence-electron chi connectivity index (χ1n) is 8.44. The van der Waals surface area contributed by atoms with Gasteiger partial charge in [0.05, 0.1) is 5.56 Å². The number of hydrogen-bond acceptors (Lipinski definition) is 2. The number of carbonyl (C=O) groups is 2. The first-order valence-corrected chi connectivity index (χ1v) is 8.44. The molecule has 1 rings (SSSR count). The Morgan fingerprint density at radius 2 is 1.68 bits per heavy atom. The number of halogens is 3. The van der Waals surface area contributed by atoms with E-state index in [-0.39, 0.29) is 30.0 Å². The Morgan fingerprint density at radius 3 is 2.20 bits per heavy atom. The third kappa shape index (κ3) is 6.76. The molecule has 7 heteroatoms. The maximum atomic E-state index is 12.9. The summed E-state index contributed by atoms with van der Waals surface area (Å²) >= 11 is 0. The molecule has 4 nitrogen and oxygen atoms in total. The number of nitrogens with zero attached hydrogens (tertiary/aromatic N) is 1. The summed E-state index contributed by atoms with van der Waals surface area (Å²) in [5, 5.41) is 2.43. The molecule has 140 valence electrons. The van der Waals surface area contributed by atoms with Crippen LogP contribution >= 0.6 is 0 Å². The van der Waals surface area contributed by atoms with Gasteiger partial charge in [0, 0.05) is 31.6 Å². The molecule has 0 aliphatic carbocycles. The van der Waals surface area contributed by atoms with E-state index >= 15 is 0 Å². The Balaban J connectivity index is 2.64. The predicted octanol–water partition coefficient (Wildman–Crippen LogP) is 4.38. The van der Waals surface area contributed by atoms with E-state index in [2.05, 4.69) is 5.32 Å². The zero-order valence-corrected chi connectivity index (χ0v) is 14.9. The Labute approximate surface area is 146 Å². The summed E-state index contributed by atoms with van der Waals surface area (Å²) in [6.45, 7) is 6.59. The monoisotopic (exact) mass is 358 g/mol. The van der Waals surface area contributed by atoms with Crippen molar-refractivity contribution in [2.24, 2.45) is 0 Å². The fraction of sp³-hybridized carbons (Fsp3) is 0.556. The van der Waals surface area contributed by atoms with Crippen LogP contribution < -0.4 is 5.32 Å². The summed E-state index contributed by atoms with van der Waals surface area (Å²) < 4.78 is 38.7. The smallest absolute Gasteiger partial charge is 0.343 e. The minimum atomic E-state index is -4.47. The van der Waals surface area contributed by atoms with Crippen LogP contribution in [0.25, 0.3) is 0 Å². The number of alkyl halides is 3. The van der Waals surface area contributed by atoms with Crippen molar-refractivity contribution in [2.45, 2.75) is 52.6 Å². The Hall–Kier alpha value is -2.05. The highest BCUT2D eigenvalue weighted by molar-refractivity contribution is 5.93. The molecular weight excluding hydrogens is 333 g/mol. The van der Waals surface area contributed by atoms with Gasteiger partial charge in [0.1, 0.15) is 0 Å². The first-order chi connectivity index (χ1) is 11.7. The summed E-state index contributed by atoms with van der Waals surface area (Å²) in [5.74, 6) is -0.586. The lowest BCUT2D eigenvalue weighted by Crippen LogP contribution is -2.33. The van der Waals surface area contributed by atoms with Crippen LogP contribution in [0.4, 0.5) is 18.9 Å². The second kappa shape index (κ2) is 9.44. The summed E-state index contributed by atoms with van der Waals surface area (Å²) in [5.41, 5.74) is -0.608. The van der Waals surface area contributed by atoms with Gasteiger partial charge in [0.2, 0.25) is 11.8 Å². The molecule has 0 fully saturated rings. The van der Waals surface area contributed by atoms with Gasteiger partial charge in [-0.25, -0.2) is 0 Å². The molecule has 0 atom stereocenters. The number of amides is 2. The van der Waals surface area contributed by atoms with Crippen molar-refractivity contribution in [1.82, 2.24) is 4.90 Å². The molecule has 25 heavy (non-hydrogen) atoms. The summed E-state index contributed by atoms with van der Waals surface area (Å²) in [4.78, 5) is 25.8. The molecule has 0 heterocycles. The zero-order valence-electron chi connectivity index (χ0n) is 14.9. The van der Waals surface area contributed by atoms with Crippen LogP contribution in [-0.4, -0.2) is 29.8 Å². The van der Waals surface area contributed by atoms with Crippen LogP contribution in [0.3, 0.4) is 0 Å². The highest BCUT2D eigenvalue weighted by Crippen LogP contribution is 2.33. The Kier molecular flexibility index (Phi) is 7.93. The molecule has 1 aromatic carbocycles. The molecule has 2 amide bonds. The number of benzene rings is 1. The Morgan fingerprint density at radius 1 is 1.08 bits per heavy atom. The van der Waals surface area contributed by atoms with Crippen molar-refractivity contribution in [3.8, 4) is 0 Å². The lowest BCUT2D eigenvalue weighted by atomic mass is 10.1. The van der Waals surface area contributed by atoms with Crippen molar-refractivity contribution >= 4 is 17.5 Å². The summed E-state index contributed by atoms with van der Waals surface area (Å²) in [6, 6.07) is 3.65. The van der Waals surface area contributed by atoms with Gasteiger partial charge in [-0.3, -0.25) is 9.59 Å². The quantitative estimate of drug-likeness (QED) is 0.750. The van der Waals surface area contributed by atoms with Gasteiger partial charge in [-0.05, 0) is 37.5 Å². The summed E-state index contributed by atoms with van der Waals surface area (Å²) in [7, 11) is 0. The van der Waals surface area contributed by atoms with Gasteiger partial charge < -0.3 is 10.2 Å². The number of hydrogen-bond donors (Lipinski definition) is 1. The van der Waals surface area contributed by atoms with Gasteiger partial charge in [-0.15, -0.1) is 0 Å². The number of carbonyl (C=O) groups excluding carboxylic acids is 2. The second-order valence-corrected chi connectivity index (χ2v) is 5.96. The van der Waals surface area contributed by atoms with Crippen molar-refractivity contribution < 1.29 is 22.8 Å². The SMILES string of the molecule is CCCN(CCC)C(=O)CCC(=O)Nc1ccc(C)c(C(F)(F)F)c1. The van der Waals surface area contributed by atoms with Crippen molar-refractivity contribution in [3.05, 3.63) is 29.3 Å². The molecule has 0 spiro atoms. The van der Waals surface area contributed by atoms with E-state index in [1.54, 1.807) is 4.90 Å². The van der Waals surface area contributed by atoms with Crippen LogP contribution in [0.1, 0.15) is 50.7 Å². The van der Waals surface area contributed by atoms with Crippen molar-refractivity contribution in [3.63, 3.8) is 0 Å². The molecular formula is C18H25F3N2O2. The molecule has 0 saturated heterocycles. The van der Waals surface area contributed by atoms with E-state index in [1.807, 2.05) is 13.8 Å². The first kappa shape index (κ1) is 21.0. The minimum absolute atomic E-state index is 0.0455. The van der Waals surface area contributed by atoms with Crippen LogP contribution in [0.15, 0.2) is 18.2 Å². The van der Waals surface area contributed by atoms with Crippen LogP contribution in [-0.2, 0) is 15.8 Å². The predicted molar refractivity (Wildman–Crippen MR) is 91.2 cm³/mol. The van der Waals surface area contributed by atoms with Crippen molar-refractivity contribution in [2.75, 3.05) is 18.4 Å². The highest BCUT2D eigenvalue weighted by atomic mass is 19.4. The van der Waals surface area contributed by atoms with Gasteiger partial charge in [0.15, 0.2) is 0 Å². The number of nitrogens with one attached hydrogen (secondary N) is 1. The van der Waals surface area contributed by atoms with Crippen LogP contribution in [0, 0.1) is 6.92 Å². The summed E-state index contributed by atoms with van der Waals surface area (Å²) in [6.07, 6.45) is -2.81. The maximum Gasteiger partial charge on any atom is 0.416 e. The Bertz CT molecular complexity index is 594. The largest absolute Gasteiger partial charge is 0.416 e. The lowest BCUT2D eigenvalue weighted by molar-refractivity contribution is -0.138. The number of rotatable bonds is 8. The molecule has 0 aromatic heterocycles. The van der Waals surface area contributed by atoms with Crippen LogP contribution in [0.2, 0.25) is 0 Å². The normalized spacial score (nSPS) is 11.3. The topological polar surface area (TPSA) is 49.4 Å². The minimum Gasteiger partial charge on any atom is -0.343 e. The van der Waals surface area contributed by atoms with Crippen molar-refractivity contribution in [1.29, 1.82) is 0 Å². The fourth-order valence-corrected chi connectivity index (χ4v) is 2.51. The molecule has 0 aliphatic rings. The molecule has 0 bridgehead atoms. The lowest BCUT2D eigenvalue weighted by Gasteiger charge is -2.21. The van der Waals surface area contributed by atoms with E-state index in [9.17, 15) is 22.8 Å². The fourth-order valence-electron chi connectivity index (χ4n) is 2.51. The molecule has 0 aliphatic heterocycles. The average Bonchev–Trinajstić information content (AvgIpc) is 2.53. The molecule has 1 aromatic rings. The van der Waals surface area contributed by atoms with E-state index in [4.69, 9.17) is 0 Å². The van der Waals surface area contributed by atoms with E-state index in [0.29, 0.717) is 13.1 Å². The van der Waals surface area contributed by atoms with Gasteiger partial charge in [-0.1, -0.05) is 19.9 Å².